The minimum Gasteiger partial charge on any atom is -0.497 e. The molecule has 0 radical (unpaired) electrons. The van der Waals surface area contributed by atoms with Gasteiger partial charge in [0, 0.05) is 4.47 Å². The number of aryl methyl sites for hydroxylation is 1. The lowest BCUT2D eigenvalue weighted by molar-refractivity contribution is 0.0939. The Hall–Kier alpha value is -1.81. The highest BCUT2D eigenvalue weighted by molar-refractivity contribution is 9.10. The molecule has 0 saturated carbocycles. The fourth-order valence-electron chi connectivity index (χ4n) is 2.05. The Kier molecular flexibility index (Phi) is 5.02. The Morgan fingerprint density at radius 2 is 1.86 bits per heavy atom. The average Bonchev–Trinajstić information content (AvgIpc) is 2.47. The Morgan fingerprint density at radius 1 is 1.19 bits per heavy atom. The number of hydrogen-bond acceptors (Lipinski definition) is 2. The number of hydrogen-bond donors (Lipinski definition) is 1. The van der Waals surface area contributed by atoms with Gasteiger partial charge in [-0.05, 0) is 65.2 Å². The summed E-state index contributed by atoms with van der Waals surface area (Å²) in [4.78, 5) is 12.3. The first-order valence-electron chi connectivity index (χ1n) is 6.72. The number of methoxy groups -OCH3 is 1. The van der Waals surface area contributed by atoms with Gasteiger partial charge in [-0.1, -0.05) is 18.2 Å². The molecular weight excluding hydrogens is 330 g/mol. The molecule has 2 aromatic rings. The Bertz CT molecular complexity index is 638. The Balaban J connectivity index is 2.10. The molecule has 1 unspecified atom stereocenters. The van der Waals surface area contributed by atoms with Crippen LogP contribution in [0.15, 0.2) is 46.9 Å². The molecule has 1 atom stereocenters. The summed E-state index contributed by atoms with van der Waals surface area (Å²) in [6.45, 7) is 3.95. The zero-order valence-corrected chi connectivity index (χ0v) is 13.9. The first kappa shape index (κ1) is 15.6. The van der Waals surface area contributed by atoms with Crippen molar-refractivity contribution in [2.45, 2.75) is 19.9 Å². The summed E-state index contributed by atoms with van der Waals surface area (Å²) in [6.07, 6.45) is 0. The van der Waals surface area contributed by atoms with Crippen molar-refractivity contribution in [3.05, 3.63) is 63.6 Å². The Morgan fingerprint density at radius 3 is 2.43 bits per heavy atom. The van der Waals surface area contributed by atoms with Crippen LogP contribution in [-0.4, -0.2) is 13.0 Å². The summed E-state index contributed by atoms with van der Waals surface area (Å²) >= 11 is 3.44. The van der Waals surface area contributed by atoms with Crippen LogP contribution in [-0.2, 0) is 0 Å². The topological polar surface area (TPSA) is 38.3 Å². The summed E-state index contributed by atoms with van der Waals surface area (Å²) in [6, 6.07) is 13.3. The molecule has 1 amide bonds. The highest BCUT2D eigenvalue weighted by Gasteiger charge is 2.14. The molecule has 21 heavy (non-hydrogen) atoms. The number of amides is 1. The van der Waals surface area contributed by atoms with Crippen molar-refractivity contribution in [2.24, 2.45) is 0 Å². The summed E-state index contributed by atoms with van der Waals surface area (Å²) < 4.78 is 5.94. The maximum Gasteiger partial charge on any atom is 0.252 e. The van der Waals surface area contributed by atoms with E-state index in [9.17, 15) is 4.79 Å². The van der Waals surface area contributed by atoms with E-state index < -0.39 is 0 Å². The van der Waals surface area contributed by atoms with Crippen molar-refractivity contribution < 1.29 is 9.53 Å². The monoisotopic (exact) mass is 347 g/mol. The van der Waals surface area contributed by atoms with Crippen LogP contribution in [0, 0.1) is 6.92 Å². The van der Waals surface area contributed by atoms with Gasteiger partial charge in [0.2, 0.25) is 0 Å². The second-order valence-electron chi connectivity index (χ2n) is 4.95. The number of carbonyl (C=O) groups is 1. The fraction of sp³-hybridized carbons (Fsp3) is 0.235. The van der Waals surface area contributed by atoms with Gasteiger partial charge in [0.15, 0.2) is 0 Å². The molecule has 110 valence electrons. The molecule has 0 saturated heterocycles. The molecule has 0 bridgehead atoms. The number of carbonyl (C=O) groups excluding carboxylic acids is 1. The second-order valence-corrected chi connectivity index (χ2v) is 5.81. The van der Waals surface area contributed by atoms with E-state index in [-0.39, 0.29) is 11.9 Å². The molecule has 0 aliphatic carbocycles. The number of ether oxygens (including phenoxy) is 1. The lowest BCUT2D eigenvalue weighted by Gasteiger charge is -2.15. The minimum absolute atomic E-state index is 0.0726. The van der Waals surface area contributed by atoms with Gasteiger partial charge in [-0.25, -0.2) is 0 Å². The van der Waals surface area contributed by atoms with E-state index in [4.69, 9.17) is 4.74 Å². The molecule has 2 aromatic carbocycles. The van der Waals surface area contributed by atoms with E-state index in [2.05, 4.69) is 21.2 Å². The van der Waals surface area contributed by atoms with Crippen molar-refractivity contribution >= 4 is 21.8 Å². The number of benzene rings is 2. The van der Waals surface area contributed by atoms with E-state index >= 15 is 0 Å². The van der Waals surface area contributed by atoms with Crippen molar-refractivity contribution in [1.29, 1.82) is 0 Å². The van der Waals surface area contributed by atoms with Gasteiger partial charge in [-0.3, -0.25) is 4.79 Å². The SMILES string of the molecule is COc1ccc(C(C)NC(=O)c2ccc(C)cc2Br)cc1. The molecule has 0 aliphatic rings. The lowest BCUT2D eigenvalue weighted by atomic mass is 10.1. The molecule has 0 aliphatic heterocycles. The summed E-state index contributed by atoms with van der Waals surface area (Å²) in [5, 5.41) is 3.00. The van der Waals surface area contributed by atoms with Gasteiger partial charge >= 0.3 is 0 Å². The van der Waals surface area contributed by atoms with Crippen LogP contribution >= 0.6 is 15.9 Å². The molecule has 1 N–H and O–H groups in total. The largest absolute Gasteiger partial charge is 0.497 e. The predicted molar refractivity (Wildman–Crippen MR) is 87.8 cm³/mol. The molecule has 0 spiro atoms. The second kappa shape index (κ2) is 6.76. The normalized spacial score (nSPS) is 11.8. The number of nitrogens with one attached hydrogen (secondary N) is 1. The minimum atomic E-state index is -0.0924. The summed E-state index contributed by atoms with van der Waals surface area (Å²) in [5.74, 6) is 0.712. The van der Waals surface area contributed by atoms with Gasteiger partial charge < -0.3 is 10.1 Å². The van der Waals surface area contributed by atoms with Crippen LogP contribution in [0.2, 0.25) is 0 Å². The smallest absolute Gasteiger partial charge is 0.252 e. The third-order valence-electron chi connectivity index (χ3n) is 3.33. The number of halogens is 1. The standard InChI is InChI=1S/C17H18BrNO2/c1-11-4-9-15(16(18)10-11)17(20)19-12(2)13-5-7-14(21-3)8-6-13/h4-10,12H,1-3H3,(H,19,20). The van der Waals surface area contributed by atoms with Crippen LogP contribution in [0.1, 0.15) is 34.5 Å². The van der Waals surface area contributed by atoms with Crippen LogP contribution in [0.25, 0.3) is 0 Å². The number of rotatable bonds is 4. The predicted octanol–water partition coefficient (Wildman–Crippen LogP) is 4.26. The van der Waals surface area contributed by atoms with Crippen molar-refractivity contribution in [1.82, 2.24) is 5.32 Å². The van der Waals surface area contributed by atoms with Gasteiger partial charge in [0.1, 0.15) is 5.75 Å². The fourth-order valence-corrected chi connectivity index (χ4v) is 2.73. The first-order valence-corrected chi connectivity index (χ1v) is 7.51. The van der Waals surface area contributed by atoms with Crippen molar-refractivity contribution in [3.8, 4) is 5.75 Å². The van der Waals surface area contributed by atoms with E-state index in [1.807, 2.05) is 56.3 Å². The van der Waals surface area contributed by atoms with Crippen LogP contribution in [0.3, 0.4) is 0 Å². The third kappa shape index (κ3) is 3.85. The van der Waals surface area contributed by atoms with E-state index in [0.29, 0.717) is 5.56 Å². The molecule has 0 fully saturated rings. The van der Waals surface area contributed by atoms with Crippen molar-refractivity contribution in [3.63, 3.8) is 0 Å². The third-order valence-corrected chi connectivity index (χ3v) is 3.99. The quantitative estimate of drug-likeness (QED) is 0.897. The highest BCUT2D eigenvalue weighted by Crippen LogP contribution is 2.21. The zero-order valence-electron chi connectivity index (χ0n) is 12.3. The van der Waals surface area contributed by atoms with Crippen LogP contribution in [0.5, 0.6) is 5.75 Å². The van der Waals surface area contributed by atoms with Gasteiger partial charge in [-0.2, -0.15) is 0 Å². The zero-order chi connectivity index (χ0) is 15.4. The molecule has 4 heteroatoms. The van der Waals surface area contributed by atoms with Crippen LogP contribution < -0.4 is 10.1 Å². The lowest BCUT2D eigenvalue weighted by Crippen LogP contribution is -2.26. The average molecular weight is 348 g/mol. The van der Waals surface area contributed by atoms with Gasteiger partial charge in [0.25, 0.3) is 5.91 Å². The molecule has 0 aromatic heterocycles. The molecule has 2 rings (SSSR count). The molecular formula is C17H18BrNO2. The summed E-state index contributed by atoms with van der Waals surface area (Å²) in [5.41, 5.74) is 2.79. The van der Waals surface area contributed by atoms with Gasteiger partial charge in [-0.15, -0.1) is 0 Å². The molecule has 3 nitrogen and oxygen atoms in total. The van der Waals surface area contributed by atoms with E-state index in [1.165, 1.54) is 0 Å². The van der Waals surface area contributed by atoms with E-state index in [1.54, 1.807) is 7.11 Å². The highest BCUT2D eigenvalue weighted by atomic mass is 79.9. The Labute approximate surface area is 133 Å². The maximum absolute atomic E-state index is 12.3. The summed E-state index contributed by atoms with van der Waals surface area (Å²) in [7, 11) is 1.63. The van der Waals surface area contributed by atoms with Crippen molar-refractivity contribution in [2.75, 3.05) is 7.11 Å². The maximum atomic E-state index is 12.3. The van der Waals surface area contributed by atoms with E-state index in [0.717, 1.165) is 21.3 Å². The van der Waals surface area contributed by atoms with Gasteiger partial charge in [0.05, 0.1) is 18.7 Å². The van der Waals surface area contributed by atoms with Crippen LogP contribution in [0.4, 0.5) is 0 Å². The first-order chi connectivity index (χ1) is 10.0. The molecule has 0 heterocycles.